The van der Waals surface area contributed by atoms with Gasteiger partial charge in [-0.2, -0.15) is 4.98 Å². The van der Waals surface area contributed by atoms with E-state index in [1.807, 2.05) is 6.92 Å². The number of anilines is 1. The first-order valence-electron chi connectivity index (χ1n) is 9.66. The molecule has 0 saturated heterocycles. The van der Waals surface area contributed by atoms with Crippen molar-refractivity contribution < 1.29 is 23.1 Å². The van der Waals surface area contributed by atoms with Crippen molar-refractivity contribution in [2.45, 2.75) is 53.9 Å². The van der Waals surface area contributed by atoms with Gasteiger partial charge < -0.3 is 24.3 Å². The van der Waals surface area contributed by atoms with Gasteiger partial charge in [0.05, 0.1) is 31.7 Å². The number of nitrogen functional groups attached to an aromatic ring is 1. The van der Waals surface area contributed by atoms with Crippen molar-refractivity contribution in [2.75, 3.05) is 32.2 Å². The minimum atomic E-state index is -3.54. The summed E-state index contributed by atoms with van der Waals surface area (Å²) >= 11 is 0. The normalized spacial score (nSPS) is 12.4. The summed E-state index contributed by atoms with van der Waals surface area (Å²) in [5.74, 6) is 0.155. The Bertz CT molecular complexity index is 806. The third-order valence-corrected chi connectivity index (χ3v) is 5.88. The van der Waals surface area contributed by atoms with Crippen molar-refractivity contribution in [3.8, 4) is 0 Å². The second kappa shape index (κ2) is 12.8. The van der Waals surface area contributed by atoms with Gasteiger partial charge in [-0.25, -0.2) is 4.79 Å². The monoisotopic (exact) mass is 429 g/mol. The largest absolute Gasteiger partial charge is 0.383 e. The average molecular weight is 429 g/mol. The van der Waals surface area contributed by atoms with Crippen molar-refractivity contribution >= 4 is 13.4 Å². The molecule has 1 unspecified atom stereocenters. The molecule has 29 heavy (non-hydrogen) atoms. The minimum absolute atomic E-state index is 0.155. The molecule has 2 N–H and O–H groups in total. The molecule has 0 aliphatic heterocycles. The van der Waals surface area contributed by atoms with E-state index in [0.717, 1.165) is 0 Å². The van der Waals surface area contributed by atoms with Crippen LogP contribution in [0.1, 0.15) is 41.0 Å². The van der Waals surface area contributed by atoms with Gasteiger partial charge in [-0.1, -0.05) is 0 Å². The number of hydrogen-bond donors (Lipinski definition) is 1. The predicted octanol–water partition coefficient (Wildman–Crippen LogP) is 3.31. The highest BCUT2D eigenvalue weighted by Crippen LogP contribution is 2.57. The maximum Gasteiger partial charge on any atom is 0.365 e. The van der Waals surface area contributed by atoms with E-state index in [2.05, 4.69) is 10.7 Å². The molecule has 0 amide bonds. The van der Waals surface area contributed by atoms with Crippen LogP contribution in [0.5, 0.6) is 0 Å². The first kappa shape index (κ1) is 25.3. The molecule has 0 spiro atoms. The van der Waals surface area contributed by atoms with Crippen LogP contribution in [0.3, 0.4) is 0 Å². The van der Waals surface area contributed by atoms with Crippen LogP contribution in [-0.4, -0.2) is 42.3 Å². The molecule has 9 nitrogen and oxygen atoms in total. The third-order valence-electron chi connectivity index (χ3n) is 3.68. The van der Waals surface area contributed by atoms with Gasteiger partial charge >= 0.3 is 13.3 Å². The van der Waals surface area contributed by atoms with E-state index in [-0.39, 0.29) is 44.9 Å². The van der Waals surface area contributed by atoms with Crippen molar-refractivity contribution in [3.63, 3.8) is 0 Å². The van der Waals surface area contributed by atoms with Crippen LogP contribution in [0.15, 0.2) is 33.7 Å². The number of ether oxygens (including phenoxy) is 2. The molecule has 0 aromatic carbocycles. The van der Waals surface area contributed by atoms with E-state index >= 15 is 0 Å². The zero-order valence-electron chi connectivity index (χ0n) is 17.8. The Morgan fingerprint density at radius 2 is 1.90 bits per heavy atom. The van der Waals surface area contributed by atoms with Crippen LogP contribution in [0.2, 0.25) is 0 Å². The lowest BCUT2D eigenvalue weighted by atomic mass is 10.3. The van der Waals surface area contributed by atoms with Crippen LogP contribution < -0.4 is 11.4 Å². The molecular weight excluding hydrogens is 397 g/mol. The lowest BCUT2D eigenvalue weighted by Gasteiger charge is -2.20. The molecular formula is C19H32N3O6P. The predicted molar refractivity (Wildman–Crippen MR) is 112 cm³/mol. The Morgan fingerprint density at radius 1 is 1.24 bits per heavy atom. The van der Waals surface area contributed by atoms with Gasteiger partial charge in [0.15, 0.2) is 6.29 Å². The summed E-state index contributed by atoms with van der Waals surface area (Å²) in [7, 11) is -3.54. The van der Waals surface area contributed by atoms with Gasteiger partial charge in [-0.15, -0.1) is 5.73 Å². The second-order valence-electron chi connectivity index (χ2n) is 6.09. The van der Waals surface area contributed by atoms with Gasteiger partial charge in [0, 0.05) is 19.2 Å². The van der Waals surface area contributed by atoms with E-state index in [1.54, 1.807) is 33.9 Å². The van der Waals surface area contributed by atoms with E-state index in [1.165, 1.54) is 10.6 Å². The van der Waals surface area contributed by atoms with Crippen molar-refractivity contribution in [2.24, 2.45) is 0 Å². The topological polar surface area (TPSA) is 115 Å². The van der Waals surface area contributed by atoms with Gasteiger partial charge in [-0.3, -0.25) is 9.13 Å². The summed E-state index contributed by atoms with van der Waals surface area (Å²) in [6.07, 6.45) is 1.44. The van der Waals surface area contributed by atoms with Crippen molar-refractivity contribution in [1.82, 2.24) is 9.55 Å². The van der Waals surface area contributed by atoms with Crippen LogP contribution >= 0.6 is 7.60 Å². The zero-order chi connectivity index (χ0) is 21.9. The summed E-state index contributed by atoms with van der Waals surface area (Å²) in [6.45, 7) is 10.4. The molecule has 1 rings (SSSR count). The number of nitrogens with zero attached hydrogens (tertiary/aromatic N) is 2. The van der Waals surface area contributed by atoms with Crippen LogP contribution in [0, 0.1) is 0 Å². The third kappa shape index (κ3) is 8.66. The average Bonchev–Trinajstić information content (AvgIpc) is 2.64. The van der Waals surface area contributed by atoms with Crippen molar-refractivity contribution in [1.29, 1.82) is 0 Å². The van der Waals surface area contributed by atoms with Crippen molar-refractivity contribution in [3.05, 3.63) is 39.4 Å². The zero-order valence-corrected chi connectivity index (χ0v) is 18.7. The number of nitrogens with two attached hydrogens (primary N) is 1. The Hall–Kier alpha value is -1.73. The molecule has 0 fully saturated rings. The fourth-order valence-electron chi connectivity index (χ4n) is 2.51. The van der Waals surface area contributed by atoms with Gasteiger partial charge in [0.25, 0.3) is 0 Å². The molecule has 0 radical (unpaired) electrons. The quantitative estimate of drug-likeness (QED) is 0.288. The standard InChI is InChI=1S/C19H32N3O6P/c1-6-25-16(5)26-12-10-17(29(24,27-7-2)28-8-3)13-15(4)14-22-11-9-18(20)21-19(22)23/h9,11,16H,6-8,10,12,14H2,1-5H3,(H2,20,21,23). The first-order chi connectivity index (χ1) is 13.8. The smallest absolute Gasteiger partial charge is 0.365 e. The van der Waals surface area contributed by atoms with Gasteiger partial charge in [0.2, 0.25) is 0 Å². The lowest BCUT2D eigenvalue weighted by molar-refractivity contribution is -0.126. The molecule has 1 heterocycles. The number of rotatable bonds is 13. The summed E-state index contributed by atoms with van der Waals surface area (Å²) < 4.78 is 36.5. The minimum Gasteiger partial charge on any atom is -0.383 e. The SMILES string of the molecule is CCOC(C)OCCC(=C=C(C)Cn1ccc(N)nc1=O)P(=O)(OCC)OCC. The molecule has 0 bridgehead atoms. The Morgan fingerprint density at radius 3 is 2.45 bits per heavy atom. The fourth-order valence-corrected chi connectivity index (χ4v) is 4.27. The Kier molecular flexibility index (Phi) is 11.1. The lowest BCUT2D eigenvalue weighted by Crippen LogP contribution is -2.23. The molecule has 10 heteroatoms. The molecule has 0 aliphatic rings. The summed E-state index contributed by atoms with van der Waals surface area (Å²) in [6, 6.07) is 1.54. The van der Waals surface area contributed by atoms with Gasteiger partial charge in [-0.05, 0) is 46.3 Å². The summed E-state index contributed by atoms with van der Waals surface area (Å²) in [5, 5.41) is 0.360. The van der Waals surface area contributed by atoms with Crippen LogP contribution in [0.4, 0.5) is 5.82 Å². The number of aromatic nitrogens is 2. The van der Waals surface area contributed by atoms with E-state index in [0.29, 0.717) is 17.5 Å². The molecule has 0 aliphatic carbocycles. The second-order valence-corrected chi connectivity index (χ2v) is 8.14. The molecule has 1 atom stereocenters. The highest BCUT2D eigenvalue weighted by atomic mass is 31.2. The maximum absolute atomic E-state index is 13.3. The highest BCUT2D eigenvalue weighted by Gasteiger charge is 2.29. The fraction of sp³-hybridized carbons (Fsp3) is 0.632. The van der Waals surface area contributed by atoms with E-state index in [4.69, 9.17) is 24.3 Å². The Labute approximate surface area is 172 Å². The Balaban J connectivity index is 3.19. The van der Waals surface area contributed by atoms with Gasteiger partial charge in [0.1, 0.15) is 5.82 Å². The molecule has 0 saturated carbocycles. The van der Waals surface area contributed by atoms with Crippen LogP contribution in [-0.2, 0) is 29.6 Å². The molecule has 1 aromatic heterocycles. The van der Waals surface area contributed by atoms with E-state index in [9.17, 15) is 9.36 Å². The molecule has 164 valence electrons. The van der Waals surface area contributed by atoms with E-state index < -0.39 is 13.3 Å². The number of hydrogen-bond acceptors (Lipinski definition) is 8. The summed E-state index contributed by atoms with van der Waals surface area (Å²) in [4.78, 5) is 15.7. The summed E-state index contributed by atoms with van der Waals surface area (Å²) in [5.41, 5.74) is 8.81. The highest BCUT2D eigenvalue weighted by molar-refractivity contribution is 7.58. The molecule has 1 aromatic rings. The maximum atomic E-state index is 13.3. The first-order valence-corrected chi connectivity index (χ1v) is 11.2. The van der Waals surface area contributed by atoms with Crippen LogP contribution in [0.25, 0.3) is 0 Å².